The topological polar surface area (TPSA) is 46.8 Å². The summed E-state index contributed by atoms with van der Waals surface area (Å²) in [5, 5.41) is 0.681. The number of hydrogen-bond acceptors (Lipinski definition) is 4. The Morgan fingerprint density at radius 2 is 1.62 bits per heavy atom. The van der Waals surface area contributed by atoms with Gasteiger partial charge in [-0.3, -0.25) is 9.69 Å². The highest BCUT2D eigenvalue weighted by Gasteiger charge is 2.33. The van der Waals surface area contributed by atoms with Crippen LogP contribution in [-0.2, 0) is 11.3 Å². The Labute approximate surface area is 203 Å². The van der Waals surface area contributed by atoms with Crippen molar-refractivity contribution in [2.24, 2.45) is 4.99 Å². The highest BCUT2D eigenvalue weighted by molar-refractivity contribution is 8.18. The first-order chi connectivity index (χ1) is 16.7. The number of nitrogens with zero attached hydrogens (tertiary/aromatic N) is 3. The number of methoxy groups -OCH3 is 1. The maximum Gasteiger partial charge on any atom is 0.267 e. The molecule has 0 aliphatic carbocycles. The van der Waals surface area contributed by atoms with Crippen molar-refractivity contribution in [2.45, 2.75) is 6.54 Å². The number of carbonyl (C=O) groups is 1. The molecule has 0 N–H and O–H groups in total. The molecule has 5 nitrogen and oxygen atoms in total. The van der Waals surface area contributed by atoms with Crippen LogP contribution in [0.2, 0.25) is 0 Å². The molecular weight excluding hydrogens is 442 g/mol. The summed E-state index contributed by atoms with van der Waals surface area (Å²) in [6.07, 6.45) is 5.92. The average molecular weight is 466 g/mol. The molecule has 0 saturated carbocycles. The standard InChI is InChI=1S/C28H23N3O2S/c1-33-25-14-12-24(13-15-25)30-17-16-22(19-30)18-26-27(32)31(20-21-8-4-2-5-9-21)28(34-26)29-23-10-6-3-7-11-23/h2-19H,20H2,1H3/b26-18+,29-28?. The monoisotopic (exact) mass is 465 g/mol. The quantitative estimate of drug-likeness (QED) is 0.314. The molecule has 0 spiro atoms. The molecule has 4 aromatic rings. The van der Waals surface area contributed by atoms with Crippen LogP contribution in [0.25, 0.3) is 11.8 Å². The van der Waals surface area contributed by atoms with Gasteiger partial charge >= 0.3 is 0 Å². The predicted molar refractivity (Wildman–Crippen MR) is 138 cm³/mol. The third-order valence-corrected chi connectivity index (χ3v) is 6.44. The molecule has 168 valence electrons. The van der Waals surface area contributed by atoms with Crippen molar-refractivity contribution >= 4 is 34.6 Å². The second kappa shape index (κ2) is 9.85. The van der Waals surface area contributed by atoms with E-state index in [4.69, 9.17) is 9.73 Å². The Hall–Kier alpha value is -4.03. The number of hydrogen-bond donors (Lipinski definition) is 0. The zero-order valence-corrected chi connectivity index (χ0v) is 19.5. The van der Waals surface area contributed by atoms with Crippen LogP contribution in [0, 0.1) is 0 Å². The van der Waals surface area contributed by atoms with E-state index >= 15 is 0 Å². The molecule has 0 bridgehead atoms. The fourth-order valence-electron chi connectivity index (χ4n) is 3.67. The van der Waals surface area contributed by atoms with E-state index in [0.717, 1.165) is 28.3 Å². The lowest BCUT2D eigenvalue weighted by atomic mass is 10.2. The fraction of sp³-hybridized carbons (Fsp3) is 0.0714. The first kappa shape index (κ1) is 21.8. The van der Waals surface area contributed by atoms with Crippen molar-refractivity contribution in [1.29, 1.82) is 0 Å². The van der Waals surface area contributed by atoms with Crippen LogP contribution in [0.15, 0.2) is 113 Å². The number of aromatic nitrogens is 1. The normalized spacial score (nSPS) is 15.9. The van der Waals surface area contributed by atoms with Gasteiger partial charge in [-0.05, 0) is 71.4 Å². The molecule has 1 amide bonds. The van der Waals surface area contributed by atoms with Gasteiger partial charge in [-0.25, -0.2) is 4.99 Å². The molecule has 1 fully saturated rings. The van der Waals surface area contributed by atoms with E-state index in [9.17, 15) is 4.79 Å². The minimum absolute atomic E-state index is 0.0410. The summed E-state index contributed by atoms with van der Waals surface area (Å²) in [5.74, 6) is 0.774. The molecule has 3 aromatic carbocycles. The van der Waals surface area contributed by atoms with E-state index in [1.165, 1.54) is 11.8 Å². The molecule has 0 atom stereocenters. The summed E-state index contributed by atoms with van der Waals surface area (Å²) in [4.78, 5) is 20.6. The number of thioether (sulfide) groups is 1. The Morgan fingerprint density at radius 1 is 0.912 bits per heavy atom. The summed E-state index contributed by atoms with van der Waals surface area (Å²) in [5.41, 5.74) is 3.85. The second-order valence-electron chi connectivity index (χ2n) is 7.77. The van der Waals surface area contributed by atoms with Gasteiger partial charge < -0.3 is 9.30 Å². The van der Waals surface area contributed by atoms with Crippen LogP contribution in [-0.4, -0.2) is 27.7 Å². The number of benzene rings is 3. The van der Waals surface area contributed by atoms with Gasteiger partial charge in [0.1, 0.15) is 5.75 Å². The van der Waals surface area contributed by atoms with E-state index in [1.807, 2.05) is 114 Å². The molecule has 6 heteroatoms. The van der Waals surface area contributed by atoms with E-state index < -0.39 is 0 Å². The summed E-state index contributed by atoms with van der Waals surface area (Å²) in [6, 6.07) is 29.6. The van der Waals surface area contributed by atoms with Crippen molar-refractivity contribution < 1.29 is 9.53 Å². The van der Waals surface area contributed by atoms with Crippen LogP contribution in [0.1, 0.15) is 11.1 Å². The molecule has 1 saturated heterocycles. The number of amides is 1. The number of para-hydroxylation sites is 1. The molecule has 1 aliphatic heterocycles. The third kappa shape index (κ3) is 4.82. The first-order valence-electron chi connectivity index (χ1n) is 10.9. The summed E-state index contributed by atoms with van der Waals surface area (Å²) in [7, 11) is 1.65. The zero-order chi connectivity index (χ0) is 23.3. The largest absolute Gasteiger partial charge is 0.497 e. The lowest BCUT2D eigenvalue weighted by Gasteiger charge is -2.15. The Bertz CT molecular complexity index is 1340. The molecular formula is C28H23N3O2S. The lowest BCUT2D eigenvalue weighted by Crippen LogP contribution is -2.28. The van der Waals surface area contributed by atoms with Crippen molar-refractivity contribution in [3.05, 3.63) is 119 Å². The van der Waals surface area contributed by atoms with Crippen LogP contribution in [0.4, 0.5) is 5.69 Å². The minimum atomic E-state index is -0.0410. The van der Waals surface area contributed by atoms with Gasteiger partial charge in [-0.1, -0.05) is 48.5 Å². The van der Waals surface area contributed by atoms with E-state index in [2.05, 4.69) is 0 Å². The van der Waals surface area contributed by atoms with Crippen LogP contribution in [0.3, 0.4) is 0 Å². The molecule has 34 heavy (non-hydrogen) atoms. The fourth-order valence-corrected chi connectivity index (χ4v) is 4.67. The molecule has 0 unspecified atom stereocenters. The second-order valence-corrected chi connectivity index (χ2v) is 8.78. The van der Waals surface area contributed by atoms with Crippen LogP contribution >= 0.6 is 11.8 Å². The predicted octanol–water partition coefficient (Wildman–Crippen LogP) is 6.29. The van der Waals surface area contributed by atoms with E-state index in [0.29, 0.717) is 16.6 Å². The number of amidine groups is 1. The van der Waals surface area contributed by atoms with Gasteiger partial charge in [0.2, 0.25) is 0 Å². The third-order valence-electron chi connectivity index (χ3n) is 5.44. The van der Waals surface area contributed by atoms with Crippen molar-refractivity contribution in [3.63, 3.8) is 0 Å². The van der Waals surface area contributed by atoms with Gasteiger partial charge in [0.25, 0.3) is 5.91 Å². The Kier molecular flexibility index (Phi) is 6.31. The smallest absolute Gasteiger partial charge is 0.267 e. The number of ether oxygens (including phenoxy) is 1. The molecule has 0 radical (unpaired) electrons. The van der Waals surface area contributed by atoms with Gasteiger partial charge in [0.15, 0.2) is 5.17 Å². The maximum atomic E-state index is 13.4. The van der Waals surface area contributed by atoms with Crippen molar-refractivity contribution in [2.75, 3.05) is 7.11 Å². The summed E-state index contributed by atoms with van der Waals surface area (Å²) in [6.45, 7) is 0.475. The Morgan fingerprint density at radius 3 is 2.32 bits per heavy atom. The minimum Gasteiger partial charge on any atom is -0.497 e. The van der Waals surface area contributed by atoms with E-state index in [1.54, 1.807) is 12.0 Å². The van der Waals surface area contributed by atoms with Gasteiger partial charge in [-0.2, -0.15) is 0 Å². The molecule has 5 rings (SSSR count). The first-order valence-corrected chi connectivity index (χ1v) is 11.7. The molecule has 1 aliphatic rings. The number of rotatable bonds is 6. The van der Waals surface area contributed by atoms with E-state index in [-0.39, 0.29) is 5.91 Å². The lowest BCUT2D eigenvalue weighted by molar-refractivity contribution is -0.122. The highest BCUT2D eigenvalue weighted by Crippen LogP contribution is 2.35. The van der Waals surface area contributed by atoms with Gasteiger partial charge in [0, 0.05) is 18.1 Å². The van der Waals surface area contributed by atoms with Crippen molar-refractivity contribution in [3.8, 4) is 11.4 Å². The highest BCUT2D eigenvalue weighted by atomic mass is 32.2. The molecule has 1 aromatic heterocycles. The van der Waals surface area contributed by atoms with Gasteiger partial charge in [0.05, 0.1) is 24.2 Å². The maximum absolute atomic E-state index is 13.4. The van der Waals surface area contributed by atoms with Crippen LogP contribution in [0.5, 0.6) is 5.75 Å². The van der Waals surface area contributed by atoms with Crippen LogP contribution < -0.4 is 4.74 Å². The zero-order valence-electron chi connectivity index (χ0n) is 18.7. The number of carbonyl (C=O) groups excluding carboxylic acids is 1. The molecule has 2 heterocycles. The SMILES string of the molecule is COc1ccc(-n2ccc(/C=C3/SC(=Nc4ccccc4)N(Cc4ccccc4)C3=O)c2)cc1. The van der Waals surface area contributed by atoms with Crippen molar-refractivity contribution in [1.82, 2.24) is 9.47 Å². The summed E-state index contributed by atoms with van der Waals surface area (Å²) < 4.78 is 7.27. The number of aliphatic imine (C=N–C) groups is 1. The Balaban J connectivity index is 1.44. The average Bonchev–Trinajstić information content (AvgIpc) is 3.46. The summed E-state index contributed by atoms with van der Waals surface area (Å²) >= 11 is 1.41. The van der Waals surface area contributed by atoms with Gasteiger partial charge in [-0.15, -0.1) is 0 Å².